The topological polar surface area (TPSA) is 46.6 Å². The summed E-state index contributed by atoms with van der Waals surface area (Å²) in [6.45, 7) is 3.93. The molecule has 3 heterocycles. The van der Waals surface area contributed by atoms with E-state index >= 15 is 0 Å². The molecule has 4 rings (SSSR count). The molecule has 0 amide bonds. The van der Waals surface area contributed by atoms with Crippen LogP contribution in [0.1, 0.15) is 16.8 Å². The number of anilines is 2. The van der Waals surface area contributed by atoms with Crippen LogP contribution in [0.3, 0.4) is 0 Å². The molecule has 0 spiro atoms. The number of nitrogens with two attached hydrogens (primary N) is 1. The van der Waals surface area contributed by atoms with Gasteiger partial charge >= 0.3 is 0 Å². The Morgan fingerprint density at radius 2 is 2.19 bits per heavy atom. The highest BCUT2D eigenvalue weighted by Crippen LogP contribution is 2.32. The van der Waals surface area contributed by atoms with Crippen molar-refractivity contribution >= 4 is 17.0 Å². The van der Waals surface area contributed by atoms with Crippen LogP contribution in [0.5, 0.6) is 0 Å². The fourth-order valence-electron chi connectivity index (χ4n) is 3.07. The first-order chi connectivity index (χ1) is 10.2. The van der Waals surface area contributed by atoms with Gasteiger partial charge in [-0.3, -0.25) is 0 Å². The molecule has 1 aliphatic rings. The number of hydrogen-bond acceptors (Lipinski definition) is 3. The SMILES string of the molecule is Cc1cc2c(cc1N)N(Cc1cn3ccccc3n1)CC2. The smallest absolute Gasteiger partial charge is 0.137 e. The van der Waals surface area contributed by atoms with Crippen LogP contribution < -0.4 is 10.6 Å². The quantitative estimate of drug-likeness (QED) is 0.733. The predicted octanol–water partition coefficient (Wildman–Crippen LogP) is 2.79. The molecule has 21 heavy (non-hydrogen) atoms. The van der Waals surface area contributed by atoms with Crippen LogP contribution in [0.2, 0.25) is 0 Å². The second-order valence-electron chi connectivity index (χ2n) is 5.71. The molecule has 1 aliphatic heterocycles. The third-order valence-electron chi connectivity index (χ3n) is 4.23. The van der Waals surface area contributed by atoms with Gasteiger partial charge in [0.2, 0.25) is 0 Å². The lowest BCUT2D eigenvalue weighted by atomic mass is 10.1. The summed E-state index contributed by atoms with van der Waals surface area (Å²) in [4.78, 5) is 7.05. The molecule has 4 heteroatoms. The van der Waals surface area contributed by atoms with Crippen LogP contribution in [0.25, 0.3) is 5.65 Å². The average Bonchev–Trinajstić information content (AvgIpc) is 3.04. The van der Waals surface area contributed by atoms with Gasteiger partial charge in [0, 0.05) is 30.3 Å². The number of nitrogen functional groups attached to an aromatic ring is 1. The lowest BCUT2D eigenvalue weighted by molar-refractivity contribution is 0.820. The molecule has 0 atom stereocenters. The zero-order valence-electron chi connectivity index (χ0n) is 12.1. The van der Waals surface area contributed by atoms with Crippen molar-refractivity contribution in [3.8, 4) is 0 Å². The second kappa shape index (κ2) is 4.52. The van der Waals surface area contributed by atoms with Crippen molar-refractivity contribution in [2.24, 2.45) is 0 Å². The van der Waals surface area contributed by atoms with E-state index in [1.807, 2.05) is 24.4 Å². The Balaban J connectivity index is 1.66. The minimum absolute atomic E-state index is 0.831. The first-order valence-electron chi connectivity index (χ1n) is 7.27. The maximum Gasteiger partial charge on any atom is 0.137 e. The Morgan fingerprint density at radius 3 is 3.05 bits per heavy atom. The van der Waals surface area contributed by atoms with Gasteiger partial charge in [-0.1, -0.05) is 12.1 Å². The molecule has 0 fully saturated rings. The largest absolute Gasteiger partial charge is 0.398 e. The molecule has 1 aromatic carbocycles. The number of aromatic nitrogens is 2. The zero-order chi connectivity index (χ0) is 14.4. The molecule has 0 saturated heterocycles. The Kier molecular flexibility index (Phi) is 2.64. The van der Waals surface area contributed by atoms with Crippen molar-refractivity contribution in [3.63, 3.8) is 0 Å². The highest BCUT2D eigenvalue weighted by Gasteiger charge is 2.21. The number of rotatable bonds is 2. The first-order valence-corrected chi connectivity index (χ1v) is 7.27. The van der Waals surface area contributed by atoms with E-state index in [1.54, 1.807) is 0 Å². The third kappa shape index (κ3) is 2.03. The maximum atomic E-state index is 6.06. The number of pyridine rings is 1. The molecular weight excluding hydrogens is 260 g/mol. The number of fused-ring (bicyclic) bond motifs is 2. The van der Waals surface area contributed by atoms with Crippen molar-refractivity contribution in [1.29, 1.82) is 0 Å². The van der Waals surface area contributed by atoms with Gasteiger partial charge < -0.3 is 15.0 Å². The molecule has 2 aromatic heterocycles. The summed E-state index contributed by atoms with van der Waals surface area (Å²) in [5, 5.41) is 0. The Labute approximate surface area is 123 Å². The lowest BCUT2D eigenvalue weighted by Crippen LogP contribution is -2.20. The van der Waals surface area contributed by atoms with Crippen LogP contribution in [0.4, 0.5) is 11.4 Å². The summed E-state index contributed by atoms with van der Waals surface area (Å²) in [6.07, 6.45) is 5.22. The lowest BCUT2D eigenvalue weighted by Gasteiger charge is -2.18. The molecule has 106 valence electrons. The molecular formula is C17H18N4. The summed E-state index contributed by atoms with van der Waals surface area (Å²) in [7, 11) is 0. The summed E-state index contributed by atoms with van der Waals surface area (Å²) in [5.74, 6) is 0. The zero-order valence-corrected chi connectivity index (χ0v) is 12.1. The summed E-state index contributed by atoms with van der Waals surface area (Å²) in [5.41, 5.74) is 12.8. The van der Waals surface area contributed by atoms with E-state index in [0.29, 0.717) is 0 Å². The normalized spacial score (nSPS) is 13.9. The molecule has 4 nitrogen and oxygen atoms in total. The summed E-state index contributed by atoms with van der Waals surface area (Å²) in [6, 6.07) is 10.4. The van der Waals surface area contributed by atoms with Gasteiger partial charge in [0.1, 0.15) is 5.65 Å². The first kappa shape index (κ1) is 12.3. The number of nitrogens with zero attached hydrogens (tertiary/aromatic N) is 3. The Morgan fingerprint density at radius 1 is 1.29 bits per heavy atom. The molecule has 0 bridgehead atoms. The van der Waals surface area contributed by atoms with Crippen LogP contribution >= 0.6 is 0 Å². The van der Waals surface area contributed by atoms with E-state index in [-0.39, 0.29) is 0 Å². The summed E-state index contributed by atoms with van der Waals surface area (Å²) < 4.78 is 2.07. The van der Waals surface area contributed by atoms with Crippen LogP contribution in [-0.4, -0.2) is 15.9 Å². The minimum atomic E-state index is 0.831. The molecule has 0 unspecified atom stereocenters. The van der Waals surface area contributed by atoms with Crippen molar-refractivity contribution in [1.82, 2.24) is 9.38 Å². The molecule has 2 N–H and O–H groups in total. The molecule has 0 radical (unpaired) electrons. The van der Waals surface area contributed by atoms with E-state index in [1.165, 1.54) is 16.8 Å². The van der Waals surface area contributed by atoms with Crippen LogP contribution in [0.15, 0.2) is 42.7 Å². The van der Waals surface area contributed by atoms with Gasteiger partial charge in [-0.15, -0.1) is 0 Å². The minimum Gasteiger partial charge on any atom is -0.398 e. The molecule has 0 saturated carbocycles. The van der Waals surface area contributed by atoms with Crippen molar-refractivity contribution in [3.05, 3.63) is 59.5 Å². The fourth-order valence-corrected chi connectivity index (χ4v) is 3.07. The van der Waals surface area contributed by atoms with Crippen molar-refractivity contribution < 1.29 is 0 Å². The monoisotopic (exact) mass is 278 g/mol. The summed E-state index contributed by atoms with van der Waals surface area (Å²) >= 11 is 0. The van der Waals surface area contributed by atoms with Gasteiger partial charge in [0.15, 0.2) is 0 Å². The van der Waals surface area contributed by atoms with E-state index in [2.05, 4.69) is 39.5 Å². The maximum absolute atomic E-state index is 6.06. The van der Waals surface area contributed by atoms with Gasteiger partial charge in [0.25, 0.3) is 0 Å². The number of benzene rings is 1. The Bertz CT molecular complexity index is 786. The van der Waals surface area contributed by atoms with Crippen LogP contribution in [0, 0.1) is 6.92 Å². The fraction of sp³-hybridized carbons (Fsp3) is 0.235. The van der Waals surface area contributed by atoms with Gasteiger partial charge in [-0.25, -0.2) is 4.98 Å². The van der Waals surface area contributed by atoms with E-state index in [0.717, 1.165) is 36.5 Å². The second-order valence-corrected chi connectivity index (χ2v) is 5.71. The van der Waals surface area contributed by atoms with Crippen LogP contribution in [-0.2, 0) is 13.0 Å². The average molecular weight is 278 g/mol. The standard InChI is InChI=1S/C17H18N4/c1-12-8-13-5-7-20(16(13)9-15(12)18)10-14-11-21-6-3-2-4-17(21)19-14/h2-4,6,8-9,11H,5,7,10,18H2,1H3. The highest BCUT2D eigenvalue weighted by atomic mass is 15.2. The van der Waals surface area contributed by atoms with E-state index < -0.39 is 0 Å². The Hall–Kier alpha value is -2.49. The van der Waals surface area contributed by atoms with Crippen molar-refractivity contribution in [2.75, 3.05) is 17.2 Å². The molecule has 3 aromatic rings. The third-order valence-corrected chi connectivity index (χ3v) is 4.23. The van der Waals surface area contributed by atoms with Crippen molar-refractivity contribution in [2.45, 2.75) is 19.9 Å². The van der Waals surface area contributed by atoms with E-state index in [4.69, 9.17) is 5.73 Å². The molecule has 0 aliphatic carbocycles. The van der Waals surface area contributed by atoms with Gasteiger partial charge in [-0.2, -0.15) is 0 Å². The predicted molar refractivity (Wildman–Crippen MR) is 85.5 cm³/mol. The van der Waals surface area contributed by atoms with E-state index in [9.17, 15) is 0 Å². The number of hydrogen-bond donors (Lipinski definition) is 1. The number of aryl methyl sites for hydroxylation is 1. The van der Waals surface area contributed by atoms with Gasteiger partial charge in [0.05, 0.1) is 12.2 Å². The van der Waals surface area contributed by atoms with Gasteiger partial charge in [-0.05, 0) is 42.7 Å². The number of imidazole rings is 1. The highest BCUT2D eigenvalue weighted by molar-refractivity contribution is 5.67.